The van der Waals surface area contributed by atoms with Crippen molar-refractivity contribution in [3.63, 3.8) is 0 Å². The minimum absolute atomic E-state index is 0.0179. The smallest absolute Gasteiger partial charge is 0.236 e. The van der Waals surface area contributed by atoms with Crippen LogP contribution in [-0.2, 0) is 4.79 Å². The number of aromatic nitrogens is 1. The van der Waals surface area contributed by atoms with E-state index in [0.29, 0.717) is 6.54 Å². The van der Waals surface area contributed by atoms with Crippen molar-refractivity contribution in [3.05, 3.63) is 30.1 Å². The van der Waals surface area contributed by atoms with Crippen molar-refractivity contribution in [2.24, 2.45) is 5.73 Å². The summed E-state index contributed by atoms with van der Waals surface area (Å²) < 4.78 is 0. The first-order chi connectivity index (χ1) is 10.0. The molecule has 2 atom stereocenters. The summed E-state index contributed by atoms with van der Waals surface area (Å²) in [5.74, 6) is 0.0978. The molecule has 1 aromatic rings. The summed E-state index contributed by atoms with van der Waals surface area (Å²) >= 11 is 0. The topological polar surface area (TPSA) is 62.5 Å². The van der Waals surface area contributed by atoms with Crippen LogP contribution in [0.5, 0.6) is 0 Å². The molecular weight excluding hydrogens is 264 g/mol. The number of carbonyl (C=O) groups is 1. The number of pyridine rings is 1. The van der Waals surface area contributed by atoms with Crippen molar-refractivity contribution in [3.8, 4) is 0 Å². The predicted octanol–water partition coefficient (Wildman–Crippen LogP) is 1.66. The van der Waals surface area contributed by atoms with Crippen LogP contribution in [0, 0.1) is 0 Å². The van der Waals surface area contributed by atoms with Crippen molar-refractivity contribution in [2.75, 3.05) is 27.2 Å². The van der Waals surface area contributed by atoms with Gasteiger partial charge in [0.15, 0.2) is 0 Å². The van der Waals surface area contributed by atoms with Crippen molar-refractivity contribution in [1.82, 2.24) is 14.8 Å². The fraction of sp³-hybridized carbons (Fsp3) is 0.625. The molecule has 5 nitrogen and oxygen atoms in total. The SMILES string of the molecule is CCCN(CC(=O)N(C)C)C(c1cccnc1)C(N)CC. The lowest BCUT2D eigenvalue weighted by atomic mass is 9.97. The standard InChI is InChI=1S/C16H28N4O/c1-5-10-20(12-15(21)19(3)4)16(14(17)6-2)13-8-7-9-18-11-13/h7-9,11,14,16H,5-6,10,12,17H2,1-4H3. The van der Waals surface area contributed by atoms with Gasteiger partial charge in [0.25, 0.3) is 0 Å². The third kappa shape index (κ3) is 5.10. The van der Waals surface area contributed by atoms with E-state index in [4.69, 9.17) is 5.73 Å². The Kier molecular flexibility index (Phi) is 7.32. The third-order valence-electron chi connectivity index (χ3n) is 3.64. The van der Waals surface area contributed by atoms with Gasteiger partial charge in [0, 0.05) is 32.5 Å². The first kappa shape index (κ1) is 17.6. The number of hydrogen-bond acceptors (Lipinski definition) is 4. The van der Waals surface area contributed by atoms with Crippen molar-refractivity contribution in [2.45, 2.75) is 38.8 Å². The summed E-state index contributed by atoms with van der Waals surface area (Å²) in [6, 6.07) is 3.96. The van der Waals surface area contributed by atoms with Crippen LogP contribution in [0.4, 0.5) is 0 Å². The molecule has 0 saturated heterocycles. The molecule has 5 heteroatoms. The molecule has 1 heterocycles. The molecule has 0 saturated carbocycles. The minimum Gasteiger partial charge on any atom is -0.348 e. The predicted molar refractivity (Wildman–Crippen MR) is 85.8 cm³/mol. The number of amides is 1. The van der Waals surface area contributed by atoms with E-state index in [1.54, 1.807) is 25.2 Å². The Morgan fingerprint density at radius 3 is 2.57 bits per heavy atom. The molecule has 118 valence electrons. The van der Waals surface area contributed by atoms with Crippen molar-refractivity contribution >= 4 is 5.91 Å². The monoisotopic (exact) mass is 292 g/mol. The fourth-order valence-electron chi connectivity index (χ4n) is 2.42. The van der Waals surface area contributed by atoms with Gasteiger partial charge in [-0.25, -0.2) is 0 Å². The Balaban J connectivity index is 3.03. The number of rotatable bonds is 8. The quantitative estimate of drug-likeness (QED) is 0.791. The lowest BCUT2D eigenvalue weighted by molar-refractivity contribution is -0.130. The average Bonchev–Trinajstić information content (AvgIpc) is 2.48. The Labute approximate surface area is 128 Å². The number of nitrogens with zero attached hydrogens (tertiary/aromatic N) is 3. The molecule has 0 aliphatic carbocycles. The Hall–Kier alpha value is -1.46. The highest BCUT2D eigenvalue weighted by Crippen LogP contribution is 2.24. The molecule has 0 fully saturated rings. The van der Waals surface area contributed by atoms with Gasteiger partial charge in [-0.3, -0.25) is 14.7 Å². The molecule has 21 heavy (non-hydrogen) atoms. The largest absolute Gasteiger partial charge is 0.348 e. The normalized spacial score (nSPS) is 14.0. The van der Waals surface area contributed by atoms with Gasteiger partial charge in [-0.1, -0.05) is 19.9 Å². The van der Waals surface area contributed by atoms with E-state index < -0.39 is 0 Å². The second-order valence-corrected chi connectivity index (χ2v) is 5.56. The Bertz CT molecular complexity index is 422. The molecule has 2 N–H and O–H groups in total. The van der Waals surface area contributed by atoms with Crippen molar-refractivity contribution < 1.29 is 4.79 Å². The first-order valence-corrected chi connectivity index (χ1v) is 7.60. The van der Waals surface area contributed by atoms with Gasteiger partial charge in [-0.05, 0) is 31.0 Å². The van der Waals surface area contributed by atoms with Gasteiger partial charge in [0.1, 0.15) is 0 Å². The molecule has 0 aliphatic heterocycles. The van der Waals surface area contributed by atoms with Crippen LogP contribution in [0.2, 0.25) is 0 Å². The Morgan fingerprint density at radius 2 is 2.10 bits per heavy atom. The average molecular weight is 292 g/mol. The van der Waals surface area contributed by atoms with E-state index in [1.165, 1.54) is 0 Å². The first-order valence-electron chi connectivity index (χ1n) is 7.60. The molecule has 0 spiro atoms. The second kappa shape index (κ2) is 8.74. The van der Waals surface area contributed by atoms with Gasteiger partial charge < -0.3 is 10.6 Å². The number of carbonyl (C=O) groups excluding carboxylic acids is 1. The van der Waals surface area contributed by atoms with Crippen LogP contribution in [-0.4, -0.2) is 53.9 Å². The lowest BCUT2D eigenvalue weighted by Gasteiger charge is -2.35. The number of likely N-dealkylation sites (N-methyl/N-ethyl adjacent to an activating group) is 1. The molecule has 2 unspecified atom stereocenters. The molecule has 0 aromatic carbocycles. The lowest BCUT2D eigenvalue weighted by Crippen LogP contribution is -2.45. The van der Waals surface area contributed by atoms with E-state index in [2.05, 4.69) is 23.7 Å². The third-order valence-corrected chi connectivity index (χ3v) is 3.64. The number of hydrogen-bond donors (Lipinski definition) is 1. The van der Waals surface area contributed by atoms with Crippen LogP contribution in [0.25, 0.3) is 0 Å². The highest BCUT2D eigenvalue weighted by atomic mass is 16.2. The summed E-state index contributed by atoms with van der Waals surface area (Å²) in [5.41, 5.74) is 7.41. The van der Waals surface area contributed by atoms with Crippen LogP contribution >= 0.6 is 0 Å². The zero-order valence-electron chi connectivity index (χ0n) is 13.6. The van der Waals surface area contributed by atoms with Crippen LogP contribution in [0.3, 0.4) is 0 Å². The maximum absolute atomic E-state index is 12.1. The summed E-state index contributed by atoms with van der Waals surface area (Å²) in [4.78, 5) is 20.1. The van der Waals surface area contributed by atoms with E-state index in [0.717, 1.165) is 24.9 Å². The maximum atomic E-state index is 12.1. The van der Waals surface area contributed by atoms with Gasteiger partial charge in [-0.15, -0.1) is 0 Å². The van der Waals surface area contributed by atoms with Gasteiger partial charge in [-0.2, -0.15) is 0 Å². The zero-order chi connectivity index (χ0) is 15.8. The molecule has 1 rings (SSSR count). The second-order valence-electron chi connectivity index (χ2n) is 5.56. The molecule has 1 aromatic heterocycles. The summed E-state index contributed by atoms with van der Waals surface area (Å²) in [5, 5.41) is 0. The van der Waals surface area contributed by atoms with Crippen LogP contribution in [0.15, 0.2) is 24.5 Å². The minimum atomic E-state index is -0.0179. The Morgan fingerprint density at radius 1 is 1.38 bits per heavy atom. The highest BCUT2D eigenvalue weighted by Gasteiger charge is 2.27. The summed E-state index contributed by atoms with van der Waals surface area (Å²) in [6.07, 6.45) is 5.44. The summed E-state index contributed by atoms with van der Waals surface area (Å²) in [7, 11) is 3.57. The van der Waals surface area contributed by atoms with Crippen LogP contribution in [0.1, 0.15) is 38.3 Å². The number of nitrogens with two attached hydrogens (primary N) is 1. The molecule has 0 radical (unpaired) electrons. The molecule has 0 aliphatic rings. The maximum Gasteiger partial charge on any atom is 0.236 e. The molecule has 0 bridgehead atoms. The zero-order valence-corrected chi connectivity index (χ0v) is 13.6. The molecular formula is C16H28N4O. The van der Waals surface area contributed by atoms with E-state index in [-0.39, 0.29) is 18.0 Å². The summed E-state index contributed by atoms with van der Waals surface area (Å²) in [6.45, 7) is 5.41. The van der Waals surface area contributed by atoms with E-state index >= 15 is 0 Å². The van der Waals surface area contributed by atoms with Crippen molar-refractivity contribution in [1.29, 1.82) is 0 Å². The highest BCUT2D eigenvalue weighted by molar-refractivity contribution is 5.77. The molecule has 1 amide bonds. The fourth-order valence-corrected chi connectivity index (χ4v) is 2.42. The van der Waals surface area contributed by atoms with Gasteiger partial charge in [0.05, 0.1) is 12.6 Å². The van der Waals surface area contributed by atoms with E-state index in [1.807, 2.05) is 18.3 Å². The van der Waals surface area contributed by atoms with Gasteiger partial charge >= 0.3 is 0 Å². The van der Waals surface area contributed by atoms with E-state index in [9.17, 15) is 4.79 Å². The van der Waals surface area contributed by atoms with Gasteiger partial charge in [0.2, 0.25) is 5.91 Å². The van der Waals surface area contributed by atoms with Crippen LogP contribution < -0.4 is 5.73 Å².